The Labute approximate surface area is 143 Å². The average Bonchev–Trinajstić information content (AvgIpc) is 3.33. The first-order valence-electron chi connectivity index (χ1n) is 7.10. The Morgan fingerprint density at radius 1 is 1.29 bits per heavy atom. The van der Waals surface area contributed by atoms with Crippen LogP contribution in [0.15, 0.2) is 30.3 Å². The van der Waals surface area contributed by atoms with E-state index in [-0.39, 0.29) is 6.10 Å². The van der Waals surface area contributed by atoms with E-state index < -0.39 is 0 Å². The zero-order valence-corrected chi connectivity index (χ0v) is 14.6. The fraction of sp³-hybridized carbons (Fsp3) is 0.375. The van der Waals surface area contributed by atoms with Crippen LogP contribution in [0.2, 0.25) is 5.15 Å². The van der Waals surface area contributed by atoms with Gasteiger partial charge in [0.2, 0.25) is 0 Å². The van der Waals surface area contributed by atoms with Crippen LogP contribution in [0.1, 0.15) is 31.7 Å². The van der Waals surface area contributed by atoms with Crippen molar-refractivity contribution in [3.05, 3.63) is 44.9 Å². The summed E-state index contributed by atoms with van der Waals surface area (Å²) in [6.07, 6.45) is 2.32. The maximum absolute atomic E-state index is 6.32. The molecule has 2 aromatic rings. The normalized spacial score (nSPS) is 16.0. The van der Waals surface area contributed by atoms with Crippen LogP contribution in [0, 0.1) is 9.49 Å². The van der Waals surface area contributed by atoms with Gasteiger partial charge in [-0.1, -0.05) is 41.9 Å². The van der Waals surface area contributed by atoms with Crippen molar-refractivity contribution in [2.45, 2.75) is 25.9 Å². The van der Waals surface area contributed by atoms with Gasteiger partial charge in [0.25, 0.3) is 0 Å². The van der Waals surface area contributed by atoms with E-state index in [1.165, 1.54) is 12.8 Å². The third-order valence-electron chi connectivity index (χ3n) is 3.53. The quantitative estimate of drug-likeness (QED) is 0.516. The minimum absolute atomic E-state index is 0.0352. The third kappa shape index (κ3) is 3.38. The first-order valence-corrected chi connectivity index (χ1v) is 8.56. The van der Waals surface area contributed by atoms with Gasteiger partial charge in [-0.2, -0.15) is 0 Å². The molecule has 3 rings (SSSR count). The first-order chi connectivity index (χ1) is 10.2. The lowest BCUT2D eigenvalue weighted by molar-refractivity contribution is 0.0401. The Hall–Kier alpha value is -0.720. The van der Waals surface area contributed by atoms with Crippen molar-refractivity contribution in [1.29, 1.82) is 0 Å². The van der Waals surface area contributed by atoms with Gasteiger partial charge in [0.05, 0.1) is 9.26 Å². The van der Waals surface area contributed by atoms with E-state index in [4.69, 9.17) is 21.3 Å². The minimum Gasteiger partial charge on any atom is -0.370 e. The van der Waals surface area contributed by atoms with Crippen LogP contribution >= 0.6 is 34.2 Å². The summed E-state index contributed by atoms with van der Waals surface area (Å²) < 4.78 is 6.74. The van der Waals surface area contributed by atoms with Gasteiger partial charge < -0.3 is 4.74 Å². The van der Waals surface area contributed by atoms with Crippen LogP contribution in [-0.2, 0) is 4.74 Å². The predicted molar refractivity (Wildman–Crippen MR) is 92.3 cm³/mol. The molecule has 0 aliphatic heterocycles. The van der Waals surface area contributed by atoms with Gasteiger partial charge in [0.1, 0.15) is 11.3 Å². The maximum atomic E-state index is 6.32. The summed E-state index contributed by atoms with van der Waals surface area (Å²) in [5.41, 5.74) is 1.94. The van der Waals surface area contributed by atoms with E-state index in [0.29, 0.717) is 23.5 Å². The summed E-state index contributed by atoms with van der Waals surface area (Å²) in [4.78, 5) is 9.22. The van der Waals surface area contributed by atoms with Crippen molar-refractivity contribution >= 4 is 34.2 Å². The first kappa shape index (κ1) is 15.2. The van der Waals surface area contributed by atoms with E-state index >= 15 is 0 Å². The molecular formula is C16H16ClIN2O. The number of rotatable bonds is 5. The molecule has 0 spiro atoms. The Kier molecular flexibility index (Phi) is 4.76. The van der Waals surface area contributed by atoms with Crippen LogP contribution in [0.25, 0.3) is 11.3 Å². The number of benzene rings is 1. The second-order valence-electron chi connectivity index (χ2n) is 5.11. The van der Waals surface area contributed by atoms with E-state index in [1.54, 1.807) is 0 Å². The highest BCUT2D eigenvalue weighted by molar-refractivity contribution is 14.1. The Morgan fingerprint density at radius 2 is 2.00 bits per heavy atom. The van der Waals surface area contributed by atoms with Crippen molar-refractivity contribution in [1.82, 2.24) is 9.97 Å². The SMILES string of the molecule is CCOC(c1nc(Cl)c(I)c(-c2ccccc2)n1)C1CC1. The minimum atomic E-state index is -0.0352. The topological polar surface area (TPSA) is 35.0 Å². The fourth-order valence-electron chi connectivity index (χ4n) is 2.35. The lowest BCUT2D eigenvalue weighted by Gasteiger charge is -2.17. The summed E-state index contributed by atoms with van der Waals surface area (Å²) in [5.74, 6) is 1.24. The van der Waals surface area contributed by atoms with Crippen LogP contribution in [0.3, 0.4) is 0 Å². The molecule has 1 fully saturated rings. The van der Waals surface area contributed by atoms with E-state index in [2.05, 4.69) is 27.6 Å². The van der Waals surface area contributed by atoms with Crippen molar-refractivity contribution < 1.29 is 4.74 Å². The Bertz CT molecular complexity index is 632. The highest BCUT2D eigenvalue weighted by atomic mass is 127. The second-order valence-corrected chi connectivity index (χ2v) is 6.55. The van der Waals surface area contributed by atoms with Gasteiger partial charge in [0.15, 0.2) is 5.82 Å². The molecule has 1 aliphatic rings. The Morgan fingerprint density at radius 3 is 2.62 bits per heavy atom. The van der Waals surface area contributed by atoms with Gasteiger partial charge in [-0.05, 0) is 48.3 Å². The molecular weight excluding hydrogens is 399 g/mol. The van der Waals surface area contributed by atoms with Gasteiger partial charge in [0, 0.05) is 12.2 Å². The number of nitrogens with zero attached hydrogens (tertiary/aromatic N) is 2. The van der Waals surface area contributed by atoms with Crippen molar-refractivity contribution in [3.63, 3.8) is 0 Å². The summed E-state index contributed by atoms with van der Waals surface area (Å²) in [6, 6.07) is 10.1. The van der Waals surface area contributed by atoms with E-state index in [1.807, 2.05) is 37.3 Å². The molecule has 1 atom stereocenters. The molecule has 1 heterocycles. The molecule has 21 heavy (non-hydrogen) atoms. The molecule has 5 heteroatoms. The van der Waals surface area contributed by atoms with Crippen molar-refractivity contribution in [3.8, 4) is 11.3 Å². The largest absolute Gasteiger partial charge is 0.370 e. The molecule has 0 radical (unpaired) electrons. The van der Waals surface area contributed by atoms with Crippen LogP contribution in [0.4, 0.5) is 0 Å². The van der Waals surface area contributed by atoms with E-state index in [9.17, 15) is 0 Å². The van der Waals surface area contributed by atoms with Crippen molar-refractivity contribution in [2.24, 2.45) is 5.92 Å². The zero-order valence-electron chi connectivity index (χ0n) is 11.7. The zero-order chi connectivity index (χ0) is 14.8. The Balaban J connectivity index is 2.04. The summed E-state index contributed by atoms with van der Waals surface area (Å²) >= 11 is 8.53. The fourth-order valence-corrected chi connectivity index (χ4v) is 3.08. The third-order valence-corrected chi connectivity index (χ3v) is 5.14. The van der Waals surface area contributed by atoms with Gasteiger partial charge in [-0.3, -0.25) is 0 Å². The molecule has 1 aliphatic carbocycles. The second kappa shape index (κ2) is 6.58. The monoisotopic (exact) mass is 414 g/mol. The highest BCUT2D eigenvalue weighted by Crippen LogP contribution is 2.43. The average molecular weight is 415 g/mol. The standard InChI is InChI=1S/C16H16ClIN2O/c1-2-21-14(11-8-9-11)16-19-13(12(18)15(17)20-16)10-6-4-3-5-7-10/h3-7,11,14H,2,8-9H2,1H3. The molecule has 1 saturated carbocycles. The van der Waals surface area contributed by atoms with Gasteiger partial charge in [-0.15, -0.1) is 0 Å². The predicted octanol–water partition coefficient (Wildman–Crippen LogP) is 4.89. The number of aromatic nitrogens is 2. The number of halogens is 2. The molecule has 1 aromatic heterocycles. The molecule has 0 bridgehead atoms. The summed E-state index contributed by atoms with van der Waals surface area (Å²) in [5, 5.41) is 0.504. The van der Waals surface area contributed by atoms with Crippen LogP contribution < -0.4 is 0 Å². The number of ether oxygens (including phenoxy) is 1. The molecule has 1 aromatic carbocycles. The number of hydrogen-bond acceptors (Lipinski definition) is 3. The number of hydrogen-bond donors (Lipinski definition) is 0. The van der Waals surface area contributed by atoms with Gasteiger partial charge in [-0.25, -0.2) is 9.97 Å². The molecule has 0 saturated heterocycles. The summed E-state index contributed by atoms with van der Waals surface area (Å²) in [7, 11) is 0. The lowest BCUT2D eigenvalue weighted by Crippen LogP contribution is -2.12. The van der Waals surface area contributed by atoms with E-state index in [0.717, 1.165) is 14.8 Å². The van der Waals surface area contributed by atoms with Crippen LogP contribution in [-0.4, -0.2) is 16.6 Å². The summed E-state index contributed by atoms with van der Waals surface area (Å²) in [6.45, 7) is 2.66. The lowest BCUT2D eigenvalue weighted by atomic mass is 10.1. The molecule has 3 nitrogen and oxygen atoms in total. The molecule has 0 N–H and O–H groups in total. The van der Waals surface area contributed by atoms with Crippen LogP contribution in [0.5, 0.6) is 0 Å². The highest BCUT2D eigenvalue weighted by Gasteiger charge is 2.35. The van der Waals surface area contributed by atoms with Crippen molar-refractivity contribution in [2.75, 3.05) is 6.61 Å². The molecule has 110 valence electrons. The smallest absolute Gasteiger partial charge is 0.159 e. The molecule has 1 unspecified atom stereocenters. The maximum Gasteiger partial charge on any atom is 0.159 e. The van der Waals surface area contributed by atoms with Gasteiger partial charge >= 0.3 is 0 Å². The molecule has 0 amide bonds.